The lowest BCUT2D eigenvalue weighted by atomic mass is 9.98. The van der Waals surface area contributed by atoms with Gasteiger partial charge >= 0.3 is 23.8 Å². The number of ether oxygens (including phenoxy) is 2. The van der Waals surface area contributed by atoms with Crippen molar-refractivity contribution in [1.82, 2.24) is 0 Å². The maximum atomic E-state index is 14.5. The van der Waals surface area contributed by atoms with Crippen LogP contribution in [0.4, 0.5) is 43.9 Å². The smallest absolute Gasteiger partial charge is 0.493 e. The fraction of sp³-hybridized carbons (Fsp3) is 0.545. The number of aryl methyl sites for hydroxylation is 1. The topological polar surface area (TPSA) is 86.0 Å². The SMILES string of the molecule is CCCCCc1ccc(-c2cc3ccc(OCCC(F)(F)C(F)(F)C(F)C(F)(F)CC[SH](C)(=O)C(C)(C)O)cc3oc2=O)c(OC(F)(F)F)c1. The van der Waals surface area contributed by atoms with Crippen LogP contribution >= 0.6 is 0 Å². The molecule has 2 aromatic carbocycles. The molecule has 1 unspecified atom stereocenters. The number of rotatable bonds is 17. The molecule has 1 atom stereocenters. The fourth-order valence-electron chi connectivity index (χ4n) is 4.78. The molecule has 0 aliphatic carbocycles. The Morgan fingerprint density at radius 1 is 0.900 bits per heavy atom. The van der Waals surface area contributed by atoms with Crippen LogP contribution in [-0.4, -0.2) is 63.2 Å². The third kappa shape index (κ3) is 9.92. The van der Waals surface area contributed by atoms with Crippen molar-refractivity contribution in [3.63, 3.8) is 0 Å². The van der Waals surface area contributed by atoms with E-state index >= 15 is 0 Å². The number of aliphatic hydroxyl groups is 1. The first-order valence-corrected chi connectivity index (χ1v) is 17.8. The Labute approximate surface area is 282 Å². The van der Waals surface area contributed by atoms with E-state index in [1.54, 1.807) is 6.07 Å². The van der Waals surface area contributed by atoms with E-state index < -0.39 is 81.7 Å². The van der Waals surface area contributed by atoms with Crippen molar-refractivity contribution in [2.24, 2.45) is 0 Å². The zero-order valence-corrected chi connectivity index (χ0v) is 28.4. The summed E-state index contributed by atoms with van der Waals surface area (Å²) in [6, 6.07) is 8.54. The predicted octanol–water partition coefficient (Wildman–Crippen LogP) is 8.87. The summed E-state index contributed by atoms with van der Waals surface area (Å²) in [5.41, 5.74) is -1.32. The Morgan fingerprint density at radius 3 is 2.16 bits per heavy atom. The number of alkyl halides is 10. The number of benzene rings is 2. The second-order valence-corrected chi connectivity index (χ2v) is 16.3. The van der Waals surface area contributed by atoms with Gasteiger partial charge in [0.2, 0.25) is 6.17 Å². The summed E-state index contributed by atoms with van der Waals surface area (Å²) in [5, 5.41) is 9.97. The number of fused-ring (bicyclic) bond motifs is 1. The van der Waals surface area contributed by atoms with Gasteiger partial charge in [0.15, 0.2) is 0 Å². The molecule has 0 amide bonds. The molecule has 6 nitrogen and oxygen atoms in total. The third-order valence-electron chi connectivity index (χ3n) is 8.23. The summed E-state index contributed by atoms with van der Waals surface area (Å²) in [7, 11) is -3.83. The molecule has 0 radical (unpaired) electrons. The minimum Gasteiger partial charge on any atom is -0.493 e. The normalized spacial score (nSPS) is 14.5. The van der Waals surface area contributed by atoms with Gasteiger partial charge in [0.25, 0.3) is 5.92 Å². The zero-order valence-electron chi connectivity index (χ0n) is 27.5. The van der Waals surface area contributed by atoms with Crippen LogP contribution in [0.15, 0.2) is 51.7 Å². The molecular weight excluding hydrogens is 714 g/mol. The number of thiol groups is 1. The van der Waals surface area contributed by atoms with Crippen LogP contribution in [0.2, 0.25) is 0 Å². The summed E-state index contributed by atoms with van der Waals surface area (Å²) in [4.78, 5) is 10.9. The molecule has 0 bridgehead atoms. The van der Waals surface area contributed by atoms with Crippen molar-refractivity contribution in [3.05, 3.63) is 58.4 Å². The van der Waals surface area contributed by atoms with Crippen molar-refractivity contribution >= 4 is 20.9 Å². The van der Waals surface area contributed by atoms with Gasteiger partial charge in [0, 0.05) is 29.2 Å². The monoisotopic (exact) mass is 752 g/mol. The molecule has 1 heterocycles. The lowest BCUT2D eigenvalue weighted by Crippen LogP contribution is -2.56. The molecule has 0 saturated carbocycles. The first-order valence-electron chi connectivity index (χ1n) is 15.5. The molecule has 282 valence electrons. The van der Waals surface area contributed by atoms with Crippen LogP contribution in [-0.2, 0) is 16.4 Å². The van der Waals surface area contributed by atoms with Crippen molar-refractivity contribution in [2.45, 2.75) is 94.5 Å². The van der Waals surface area contributed by atoms with Gasteiger partial charge in [-0.05, 0) is 62.8 Å². The molecular formula is C33H38F10O6S. The van der Waals surface area contributed by atoms with Gasteiger partial charge in [-0.15, -0.1) is 13.2 Å². The minimum absolute atomic E-state index is 0.137. The van der Waals surface area contributed by atoms with Crippen LogP contribution in [0.5, 0.6) is 11.5 Å². The van der Waals surface area contributed by atoms with Crippen LogP contribution in [0, 0.1) is 0 Å². The first-order chi connectivity index (χ1) is 22.8. The van der Waals surface area contributed by atoms with Crippen LogP contribution < -0.4 is 15.1 Å². The molecule has 0 spiro atoms. The molecule has 0 aliphatic heterocycles. The second-order valence-electron chi connectivity index (χ2n) is 12.6. The largest absolute Gasteiger partial charge is 0.573 e. The van der Waals surface area contributed by atoms with Gasteiger partial charge in [0.05, 0.1) is 18.6 Å². The molecule has 0 saturated heterocycles. The van der Waals surface area contributed by atoms with Crippen molar-refractivity contribution in [3.8, 4) is 22.6 Å². The summed E-state index contributed by atoms with van der Waals surface area (Å²) >= 11 is 0. The Morgan fingerprint density at radius 2 is 1.56 bits per heavy atom. The highest BCUT2D eigenvalue weighted by Gasteiger charge is 2.68. The number of halogens is 10. The molecule has 0 fully saturated rings. The standard InChI is InChI=1S/C33H38F10O6S/c1-5-6-7-8-20-9-12-23(26(17-20)49-33(41,42)43)24-18-21-10-11-22(19-25(21)48-27(24)44)47-15-13-31(37,38)32(39,40)28(34)30(35,36)14-16-50(4,46)29(2,3)45/h9-12,17-19,28,45,50H,5-8,13-16H2,1-4H3. The van der Waals surface area contributed by atoms with Crippen molar-refractivity contribution < 1.29 is 67.1 Å². The first kappa shape index (κ1) is 41.1. The number of hydrogen-bond donors (Lipinski definition) is 2. The van der Waals surface area contributed by atoms with Gasteiger partial charge in [0.1, 0.15) is 22.0 Å². The molecule has 1 aromatic heterocycles. The maximum Gasteiger partial charge on any atom is 0.573 e. The highest BCUT2D eigenvalue weighted by Crippen LogP contribution is 2.47. The fourth-order valence-corrected chi connectivity index (χ4v) is 6.05. The van der Waals surface area contributed by atoms with E-state index in [1.807, 2.05) is 6.92 Å². The number of unbranched alkanes of at least 4 members (excludes halogenated alkanes) is 2. The van der Waals surface area contributed by atoms with E-state index in [4.69, 9.17) is 9.15 Å². The van der Waals surface area contributed by atoms with E-state index in [0.29, 0.717) is 18.4 Å². The van der Waals surface area contributed by atoms with E-state index in [9.17, 15) is 58.0 Å². The van der Waals surface area contributed by atoms with E-state index in [0.717, 1.165) is 45.1 Å². The third-order valence-corrected chi connectivity index (χ3v) is 11.6. The summed E-state index contributed by atoms with van der Waals surface area (Å²) in [5.74, 6) is -18.3. The molecule has 0 aliphatic rings. The highest BCUT2D eigenvalue weighted by atomic mass is 32.2. The average Bonchev–Trinajstić information content (AvgIpc) is 2.98. The lowest BCUT2D eigenvalue weighted by Gasteiger charge is -2.35. The molecule has 3 aromatic rings. The Bertz CT molecular complexity index is 1730. The molecule has 50 heavy (non-hydrogen) atoms. The maximum absolute atomic E-state index is 14.5. The predicted molar refractivity (Wildman–Crippen MR) is 169 cm³/mol. The highest BCUT2D eigenvalue weighted by molar-refractivity contribution is 8.03. The van der Waals surface area contributed by atoms with Crippen molar-refractivity contribution in [2.75, 3.05) is 18.6 Å². The quantitative estimate of drug-likeness (QED) is 0.0621. The summed E-state index contributed by atoms with van der Waals surface area (Å²) < 4.78 is 167. The van der Waals surface area contributed by atoms with Gasteiger partial charge in [-0.25, -0.2) is 18.0 Å². The van der Waals surface area contributed by atoms with Gasteiger partial charge < -0.3 is 19.0 Å². The van der Waals surface area contributed by atoms with E-state index in [-0.39, 0.29) is 27.8 Å². The van der Waals surface area contributed by atoms with Crippen LogP contribution in [0.3, 0.4) is 0 Å². The Hall–Kier alpha value is -3.34. The van der Waals surface area contributed by atoms with Gasteiger partial charge in [-0.1, -0.05) is 41.8 Å². The molecule has 17 heteroatoms. The summed E-state index contributed by atoms with van der Waals surface area (Å²) in [6.45, 7) is 2.76. The zero-order chi connectivity index (χ0) is 37.9. The Balaban J connectivity index is 1.77. The minimum atomic E-state index is -5.89. The lowest BCUT2D eigenvalue weighted by molar-refractivity contribution is -0.280. The van der Waals surface area contributed by atoms with Crippen molar-refractivity contribution in [1.29, 1.82) is 0 Å². The molecule has 3 rings (SSSR count). The van der Waals surface area contributed by atoms with E-state index in [1.165, 1.54) is 24.3 Å². The van der Waals surface area contributed by atoms with Crippen LogP contribution in [0.25, 0.3) is 22.1 Å². The van der Waals surface area contributed by atoms with Gasteiger partial charge in [-0.2, -0.15) is 17.6 Å². The average molecular weight is 753 g/mol. The number of hydrogen-bond acceptors (Lipinski definition) is 6. The summed E-state index contributed by atoms with van der Waals surface area (Å²) in [6.07, 6.45) is -9.66. The van der Waals surface area contributed by atoms with Gasteiger partial charge in [-0.3, -0.25) is 4.21 Å². The van der Waals surface area contributed by atoms with Crippen LogP contribution in [0.1, 0.15) is 58.4 Å². The van der Waals surface area contributed by atoms with E-state index in [2.05, 4.69) is 4.74 Å². The second kappa shape index (κ2) is 15.1. The Kier molecular flexibility index (Phi) is 12.4. The molecule has 1 N–H and O–H groups in total.